The molecule has 3 heteroatoms. The van der Waals surface area contributed by atoms with Crippen LogP contribution < -0.4 is 0 Å². The molecule has 1 fully saturated rings. The Bertz CT molecular complexity index is 138. The lowest BCUT2D eigenvalue weighted by Crippen LogP contribution is -2.49. The first-order chi connectivity index (χ1) is 4.24. The van der Waals surface area contributed by atoms with Gasteiger partial charge in [0.15, 0.2) is 0 Å². The number of carbonyl (C=O) groups is 2. The van der Waals surface area contributed by atoms with Crippen LogP contribution in [0.4, 0.5) is 0 Å². The molecule has 1 amide bonds. The number of likely N-dealkylation sites (tertiary alicyclic amines) is 1. The van der Waals surface area contributed by atoms with E-state index in [1.807, 2.05) is 0 Å². The van der Waals surface area contributed by atoms with Crippen molar-refractivity contribution in [3.05, 3.63) is 0 Å². The first kappa shape index (κ1) is 6.26. The van der Waals surface area contributed by atoms with Gasteiger partial charge in [0.2, 0.25) is 5.91 Å². The van der Waals surface area contributed by atoms with Gasteiger partial charge in [0, 0.05) is 25.9 Å². The van der Waals surface area contributed by atoms with Crippen LogP contribution in [0.2, 0.25) is 0 Å². The highest BCUT2D eigenvalue weighted by atomic mass is 16.2. The summed E-state index contributed by atoms with van der Waals surface area (Å²) in [5.74, 6) is 0.169. The van der Waals surface area contributed by atoms with Gasteiger partial charge >= 0.3 is 0 Å². The molecule has 0 aromatic carbocycles. The molecule has 0 aliphatic carbocycles. The zero-order valence-electron chi connectivity index (χ0n) is 5.33. The second-order valence-electron chi connectivity index (χ2n) is 2.32. The van der Waals surface area contributed by atoms with Crippen molar-refractivity contribution >= 4 is 12.2 Å². The van der Waals surface area contributed by atoms with Crippen molar-refractivity contribution < 1.29 is 9.59 Å². The Kier molecular flexibility index (Phi) is 1.51. The smallest absolute Gasteiger partial charge is 0.219 e. The summed E-state index contributed by atoms with van der Waals surface area (Å²) in [7, 11) is 0. The highest BCUT2D eigenvalue weighted by Crippen LogP contribution is 2.11. The maximum atomic E-state index is 10.5. The quantitative estimate of drug-likeness (QED) is 0.452. The van der Waals surface area contributed by atoms with E-state index in [-0.39, 0.29) is 11.8 Å². The topological polar surface area (TPSA) is 37.4 Å². The molecule has 0 aromatic heterocycles. The van der Waals surface area contributed by atoms with Gasteiger partial charge in [-0.1, -0.05) is 0 Å². The Morgan fingerprint density at radius 3 is 2.56 bits per heavy atom. The fraction of sp³-hybridized carbons (Fsp3) is 0.667. The second-order valence-corrected chi connectivity index (χ2v) is 2.32. The molecule has 0 spiro atoms. The molecular weight excluding hydrogens is 118 g/mol. The maximum absolute atomic E-state index is 10.5. The standard InChI is InChI=1S/C6H9NO2/c1-5(9)7-2-6(3-7)4-8/h4,6H,2-3H2,1H3. The van der Waals surface area contributed by atoms with Crippen LogP contribution in [0.1, 0.15) is 6.92 Å². The first-order valence-corrected chi connectivity index (χ1v) is 2.95. The minimum Gasteiger partial charge on any atom is -0.341 e. The largest absolute Gasteiger partial charge is 0.341 e. The number of carbonyl (C=O) groups excluding carboxylic acids is 2. The van der Waals surface area contributed by atoms with Crippen LogP contribution in [0, 0.1) is 5.92 Å². The molecule has 0 N–H and O–H groups in total. The summed E-state index contributed by atoms with van der Waals surface area (Å²) in [4.78, 5) is 22.2. The lowest BCUT2D eigenvalue weighted by Gasteiger charge is -2.35. The van der Waals surface area contributed by atoms with E-state index in [0.29, 0.717) is 13.1 Å². The highest BCUT2D eigenvalue weighted by Gasteiger charge is 2.27. The first-order valence-electron chi connectivity index (χ1n) is 2.95. The van der Waals surface area contributed by atoms with E-state index in [2.05, 4.69) is 0 Å². The number of hydrogen-bond acceptors (Lipinski definition) is 2. The summed E-state index contributed by atoms with van der Waals surface area (Å²) in [5, 5.41) is 0. The summed E-state index contributed by atoms with van der Waals surface area (Å²) >= 11 is 0. The van der Waals surface area contributed by atoms with Crippen molar-refractivity contribution in [3.8, 4) is 0 Å². The van der Waals surface area contributed by atoms with Crippen LogP contribution in [0.15, 0.2) is 0 Å². The van der Waals surface area contributed by atoms with Gasteiger partial charge in [0.25, 0.3) is 0 Å². The number of rotatable bonds is 1. The average molecular weight is 127 g/mol. The lowest BCUT2D eigenvalue weighted by molar-refractivity contribution is -0.136. The Morgan fingerprint density at radius 2 is 2.22 bits per heavy atom. The summed E-state index contributed by atoms with van der Waals surface area (Å²) in [5.41, 5.74) is 0. The van der Waals surface area contributed by atoms with Gasteiger partial charge < -0.3 is 9.69 Å². The van der Waals surface area contributed by atoms with E-state index in [9.17, 15) is 9.59 Å². The monoisotopic (exact) mass is 127 g/mol. The fourth-order valence-electron chi connectivity index (χ4n) is 0.856. The van der Waals surface area contributed by atoms with Crippen molar-refractivity contribution in [1.29, 1.82) is 0 Å². The Hall–Kier alpha value is -0.860. The van der Waals surface area contributed by atoms with Crippen LogP contribution in [-0.2, 0) is 9.59 Å². The van der Waals surface area contributed by atoms with Gasteiger partial charge in [0.05, 0.1) is 0 Å². The van der Waals surface area contributed by atoms with Crippen LogP contribution in [0.3, 0.4) is 0 Å². The number of nitrogens with zero attached hydrogens (tertiary/aromatic N) is 1. The molecular formula is C6H9NO2. The van der Waals surface area contributed by atoms with E-state index < -0.39 is 0 Å². The Balaban J connectivity index is 2.26. The molecule has 9 heavy (non-hydrogen) atoms. The van der Waals surface area contributed by atoms with E-state index in [1.165, 1.54) is 6.92 Å². The van der Waals surface area contributed by atoms with Gasteiger partial charge in [-0.2, -0.15) is 0 Å². The molecule has 1 aliphatic rings. The highest BCUT2D eigenvalue weighted by molar-refractivity contribution is 5.75. The van der Waals surface area contributed by atoms with Crippen molar-refractivity contribution in [2.45, 2.75) is 6.92 Å². The molecule has 3 nitrogen and oxygen atoms in total. The maximum Gasteiger partial charge on any atom is 0.219 e. The summed E-state index contributed by atoms with van der Waals surface area (Å²) in [6.07, 6.45) is 0.902. The Morgan fingerprint density at radius 1 is 1.67 bits per heavy atom. The van der Waals surface area contributed by atoms with E-state index in [4.69, 9.17) is 0 Å². The molecule has 1 rings (SSSR count). The van der Waals surface area contributed by atoms with Crippen molar-refractivity contribution in [1.82, 2.24) is 4.90 Å². The molecule has 0 radical (unpaired) electrons. The van der Waals surface area contributed by atoms with Crippen LogP contribution >= 0.6 is 0 Å². The predicted octanol–water partition coefficient (Wildman–Crippen LogP) is -0.336. The molecule has 0 atom stereocenters. The van der Waals surface area contributed by atoms with Gasteiger partial charge in [-0.15, -0.1) is 0 Å². The zero-order valence-corrected chi connectivity index (χ0v) is 5.33. The molecule has 1 aliphatic heterocycles. The van der Waals surface area contributed by atoms with Crippen LogP contribution in [0.5, 0.6) is 0 Å². The van der Waals surface area contributed by atoms with Crippen LogP contribution in [0.25, 0.3) is 0 Å². The normalized spacial score (nSPS) is 19.0. The summed E-state index contributed by atoms with van der Waals surface area (Å²) in [6.45, 7) is 2.76. The SMILES string of the molecule is CC(=O)N1CC(C=O)C1. The molecule has 1 saturated heterocycles. The Labute approximate surface area is 53.6 Å². The van der Waals surface area contributed by atoms with Crippen molar-refractivity contribution in [2.24, 2.45) is 5.92 Å². The predicted molar refractivity (Wildman–Crippen MR) is 31.8 cm³/mol. The molecule has 0 unspecified atom stereocenters. The number of aldehydes is 1. The van der Waals surface area contributed by atoms with E-state index >= 15 is 0 Å². The molecule has 0 aromatic rings. The molecule has 50 valence electrons. The zero-order chi connectivity index (χ0) is 6.85. The average Bonchev–Trinajstić information content (AvgIpc) is 1.61. The minimum absolute atomic E-state index is 0.0631. The van der Waals surface area contributed by atoms with Crippen molar-refractivity contribution in [3.63, 3.8) is 0 Å². The van der Waals surface area contributed by atoms with Crippen LogP contribution in [-0.4, -0.2) is 30.2 Å². The molecule has 1 heterocycles. The van der Waals surface area contributed by atoms with E-state index in [0.717, 1.165) is 6.29 Å². The third-order valence-corrected chi connectivity index (χ3v) is 1.55. The van der Waals surface area contributed by atoms with Crippen molar-refractivity contribution in [2.75, 3.05) is 13.1 Å². The van der Waals surface area contributed by atoms with Gasteiger partial charge in [0.1, 0.15) is 6.29 Å². The third-order valence-electron chi connectivity index (χ3n) is 1.55. The van der Waals surface area contributed by atoms with Gasteiger partial charge in [-0.05, 0) is 0 Å². The lowest BCUT2D eigenvalue weighted by atomic mass is 10.0. The number of amides is 1. The molecule has 0 saturated carbocycles. The van der Waals surface area contributed by atoms with E-state index in [1.54, 1.807) is 4.90 Å². The second kappa shape index (κ2) is 2.17. The fourth-order valence-corrected chi connectivity index (χ4v) is 0.856. The summed E-state index contributed by atoms with van der Waals surface area (Å²) in [6, 6.07) is 0. The van der Waals surface area contributed by atoms with Gasteiger partial charge in [-0.25, -0.2) is 0 Å². The third kappa shape index (κ3) is 1.09. The number of hydrogen-bond donors (Lipinski definition) is 0. The van der Waals surface area contributed by atoms with Gasteiger partial charge in [-0.3, -0.25) is 4.79 Å². The minimum atomic E-state index is 0.0631. The summed E-state index contributed by atoms with van der Waals surface area (Å²) < 4.78 is 0. The molecule has 0 bridgehead atoms.